The number of nitrogens with zero attached hydrogens (tertiary/aromatic N) is 2. The van der Waals surface area contributed by atoms with Crippen molar-refractivity contribution in [2.75, 3.05) is 0 Å². The molecule has 2 aromatic rings. The van der Waals surface area contributed by atoms with Gasteiger partial charge in [-0.15, -0.1) is 0 Å². The van der Waals surface area contributed by atoms with Gasteiger partial charge < -0.3 is 5.11 Å². The van der Waals surface area contributed by atoms with Crippen molar-refractivity contribution >= 4 is 23.2 Å². The molecule has 0 spiro atoms. The van der Waals surface area contributed by atoms with Crippen LogP contribution in [-0.4, -0.2) is 14.9 Å². The van der Waals surface area contributed by atoms with E-state index in [-0.39, 0.29) is 28.4 Å². The van der Waals surface area contributed by atoms with E-state index in [1.807, 2.05) is 13.8 Å². The van der Waals surface area contributed by atoms with Gasteiger partial charge in [-0.25, -0.2) is 9.07 Å². The summed E-state index contributed by atoms with van der Waals surface area (Å²) in [6.07, 6.45) is 0. The van der Waals surface area contributed by atoms with E-state index in [9.17, 15) is 9.50 Å². The lowest BCUT2D eigenvalue weighted by Gasteiger charge is -2.07. The number of rotatable bonds is 3. The largest absolute Gasteiger partial charge is 0.391 e. The first kappa shape index (κ1) is 14.3. The summed E-state index contributed by atoms with van der Waals surface area (Å²) in [4.78, 5) is 0. The summed E-state index contributed by atoms with van der Waals surface area (Å²) in [6, 6.07) is 4.35. The Kier molecular flexibility index (Phi) is 4.13. The number of aromatic nitrogens is 2. The average Bonchev–Trinajstić information content (AvgIpc) is 2.67. The smallest absolute Gasteiger partial charge is 0.150 e. The number of hydrogen-bond acceptors (Lipinski definition) is 2. The summed E-state index contributed by atoms with van der Waals surface area (Å²) in [5.74, 6) is -0.455. The summed E-state index contributed by atoms with van der Waals surface area (Å²) in [7, 11) is 0. The zero-order valence-electron chi connectivity index (χ0n) is 10.5. The molecule has 0 aliphatic heterocycles. The highest BCUT2D eigenvalue weighted by atomic mass is 35.5. The molecule has 1 heterocycles. The van der Waals surface area contributed by atoms with Crippen molar-refractivity contribution in [2.45, 2.75) is 26.4 Å². The molecule has 0 saturated heterocycles. The maximum Gasteiger partial charge on any atom is 0.150 e. The molecule has 0 radical (unpaired) electrons. The Morgan fingerprint density at radius 1 is 1.37 bits per heavy atom. The van der Waals surface area contributed by atoms with E-state index in [0.29, 0.717) is 11.3 Å². The van der Waals surface area contributed by atoms with E-state index >= 15 is 0 Å². The second-order valence-corrected chi connectivity index (χ2v) is 5.21. The fraction of sp³-hybridized carbons (Fsp3) is 0.308. The molecule has 0 unspecified atom stereocenters. The van der Waals surface area contributed by atoms with Gasteiger partial charge in [0.2, 0.25) is 0 Å². The lowest BCUT2D eigenvalue weighted by atomic mass is 10.1. The minimum absolute atomic E-state index is 0.0615. The molecule has 0 bridgehead atoms. The summed E-state index contributed by atoms with van der Waals surface area (Å²) >= 11 is 12.2. The first-order chi connectivity index (χ1) is 8.97. The quantitative estimate of drug-likeness (QED) is 0.933. The van der Waals surface area contributed by atoms with Crippen LogP contribution in [0.15, 0.2) is 18.2 Å². The molecule has 19 heavy (non-hydrogen) atoms. The highest BCUT2D eigenvalue weighted by Gasteiger charge is 2.21. The van der Waals surface area contributed by atoms with Gasteiger partial charge in [0.1, 0.15) is 16.7 Å². The zero-order valence-corrected chi connectivity index (χ0v) is 12.0. The molecular formula is C13H13Cl2FN2O. The van der Waals surface area contributed by atoms with Crippen molar-refractivity contribution in [3.63, 3.8) is 0 Å². The van der Waals surface area contributed by atoms with Crippen molar-refractivity contribution in [1.29, 1.82) is 0 Å². The van der Waals surface area contributed by atoms with Crippen LogP contribution >= 0.6 is 23.2 Å². The lowest BCUT2D eigenvalue weighted by Crippen LogP contribution is -2.02. The normalized spacial score (nSPS) is 11.3. The van der Waals surface area contributed by atoms with Gasteiger partial charge >= 0.3 is 0 Å². The molecule has 0 aliphatic carbocycles. The second-order valence-electron chi connectivity index (χ2n) is 4.45. The standard InChI is InChI=1S/C13H13Cl2FN2O/c1-7(2)11-8(6-19)13(15)18(17-11)12-9(14)4-3-5-10(12)16/h3-5,7,19H,6H2,1-2H3. The van der Waals surface area contributed by atoms with E-state index < -0.39 is 5.82 Å². The molecule has 3 nitrogen and oxygen atoms in total. The molecule has 1 aromatic heterocycles. The number of aliphatic hydroxyl groups excluding tert-OH is 1. The minimum Gasteiger partial charge on any atom is -0.391 e. The first-order valence-corrected chi connectivity index (χ1v) is 6.55. The van der Waals surface area contributed by atoms with Crippen molar-refractivity contribution in [3.05, 3.63) is 45.4 Å². The molecule has 6 heteroatoms. The predicted molar refractivity (Wildman–Crippen MR) is 73.6 cm³/mol. The molecule has 0 aliphatic rings. The molecule has 0 fully saturated rings. The van der Waals surface area contributed by atoms with Gasteiger partial charge in [0, 0.05) is 5.56 Å². The molecule has 0 atom stereocenters. The van der Waals surface area contributed by atoms with Crippen LogP contribution in [0.3, 0.4) is 0 Å². The summed E-state index contributed by atoms with van der Waals surface area (Å²) in [5, 5.41) is 14.0. The highest BCUT2D eigenvalue weighted by Crippen LogP contribution is 2.32. The van der Waals surface area contributed by atoms with Crippen molar-refractivity contribution in [1.82, 2.24) is 9.78 Å². The fourth-order valence-electron chi connectivity index (χ4n) is 1.90. The summed E-state index contributed by atoms with van der Waals surface area (Å²) < 4.78 is 15.1. The Hall–Kier alpha value is -1.10. The number of halogens is 3. The van der Waals surface area contributed by atoms with Crippen LogP contribution in [0.5, 0.6) is 0 Å². The molecule has 1 aromatic carbocycles. The van der Waals surface area contributed by atoms with E-state index in [4.69, 9.17) is 23.2 Å². The Balaban J connectivity index is 2.70. The SMILES string of the molecule is CC(C)c1nn(-c2c(F)cccc2Cl)c(Cl)c1CO. The Morgan fingerprint density at radius 2 is 2.05 bits per heavy atom. The van der Waals surface area contributed by atoms with Gasteiger partial charge in [-0.1, -0.05) is 43.1 Å². The first-order valence-electron chi connectivity index (χ1n) is 5.79. The molecule has 0 amide bonds. The van der Waals surface area contributed by atoms with E-state index in [0.717, 1.165) is 0 Å². The highest BCUT2D eigenvalue weighted by molar-refractivity contribution is 6.33. The van der Waals surface area contributed by atoms with Crippen molar-refractivity contribution in [3.8, 4) is 5.69 Å². The summed E-state index contributed by atoms with van der Waals surface area (Å²) in [5.41, 5.74) is 1.22. The van der Waals surface area contributed by atoms with Gasteiger partial charge in [0.25, 0.3) is 0 Å². The molecule has 0 saturated carbocycles. The number of hydrogen-bond donors (Lipinski definition) is 1. The van der Waals surface area contributed by atoms with E-state index in [2.05, 4.69) is 5.10 Å². The fourth-order valence-corrected chi connectivity index (χ4v) is 2.42. The second kappa shape index (κ2) is 5.49. The van der Waals surface area contributed by atoms with Crippen molar-refractivity contribution in [2.24, 2.45) is 0 Å². The van der Waals surface area contributed by atoms with Crippen molar-refractivity contribution < 1.29 is 9.50 Å². The molecule has 2 rings (SSSR count). The average molecular weight is 303 g/mol. The summed E-state index contributed by atoms with van der Waals surface area (Å²) in [6.45, 7) is 3.59. The monoisotopic (exact) mass is 302 g/mol. The van der Waals surface area contributed by atoms with Gasteiger partial charge in [0.05, 0.1) is 17.3 Å². The molecule has 102 valence electrons. The Morgan fingerprint density at radius 3 is 2.53 bits per heavy atom. The van der Waals surface area contributed by atoms with Gasteiger partial charge in [0.15, 0.2) is 0 Å². The van der Waals surface area contributed by atoms with Crippen LogP contribution in [0, 0.1) is 5.82 Å². The number of aliphatic hydroxyl groups is 1. The van der Waals surface area contributed by atoms with Crippen LogP contribution < -0.4 is 0 Å². The van der Waals surface area contributed by atoms with Gasteiger partial charge in [-0.3, -0.25) is 0 Å². The number of benzene rings is 1. The van der Waals surface area contributed by atoms with Crippen LogP contribution in [0.25, 0.3) is 5.69 Å². The van der Waals surface area contributed by atoms with Gasteiger partial charge in [-0.2, -0.15) is 5.10 Å². The third-order valence-electron chi connectivity index (χ3n) is 2.81. The Bertz CT molecular complexity index is 591. The van der Waals surface area contributed by atoms with Crippen LogP contribution in [0.4, 0.5) is 4.39 Å². The maximum atomic E-state index is 13.9. The number of para-hydroxylation sites is 1. The van der Waals surface area contributed by atoms with E-state index in [1.54, 1.807) is 6.07 Å². The molecular weight excluding hydrogens is 290 g/mol. The predicted octanol–water partition coefficient (Wildman–Crippen LogP) is 3.93. The van der Waals surface area contributed by atoms with Crippen LogP contribution in [0.1, 0.15) is 31.0 Å². The third kappa shape index (κ3) is 2.48. The Labute approximate surface area is 120 Å². The maximum absolute atomic E-state index is 13.9. The minimum atomic E-state index is -0.517. The lowest BCUT2D eigenvalue weighted by molar-refractivity contribution is 0.280. The zero-order chi connectivity index (χ0) is 14.2. The van der Waals surface area contributed by atoms with Crippen LogP contribution in [0.2, 0.25) is 10.2 Å². The third-order valence-corrected chi connectivity index (χ3v) is 3.50. The van der Waals surface area contributed by atoms with E-state index in [1.165, 1.54) is 16.8 Å². The van der Waals surface area contributed by atoms with Gasteiger partial charge in [-0.05, 0) is 18.1 Å². The molecule has 1 N–H and O–H groups in total. The van der Waals surface area contributed by atoms with Crippen LogP contribution in [-0.2, 0) is 6.61 Å². The topological polar surface area (TPSA) is 38.0 Å².